The number of rotatable bonds is 10. The maximum atomic E-state index is 14.3. The molecule has 0 aliphatic heterocycles. The van der Waals surface area contributed by atoms with Crippen molar-refractivity contribution in [1.82, 2.24) is 10.2 Å². The minimum absolute atomic E-state index is 0.0402. The number of nitro groups is 1. The van der Waals surface area contributed by atoms with E-state index in [1.807, 2.05) is 0 Å². The highest BCUT2D eigenvalue weighted by atomic mass is 32.2. The lowest BCUT2D eigenvalue weighted by Crippen LogP contribution is -2.51. The van der Waals surface area contributed by atoms with Gasteiger partial charge in [-0.3, -0.25) is 24.0 Å². The number of amides is 2. The first-order valence-electron chi connectivity index (χ1n) is 10.4. The number of halogens is 1. The molecule has 10 nitrogen and oxygen atoms in total. The van der Waals surface area contributed by atoms with E-state index in [1.54, 1.807) is 19.9 Å². The van der Waals surface area contributed by atoms with Crippen LogP contribution in [-0.2, 0) is 26.2 Å². The summed E-state index contributed by atoms with van der Waals surface area (Å²) < 4.78 is 40.2. The Labute approximate surface area is 197 Å². The zero-order valence-electron chi connectivity index (χ0n) is 19.3. The number of carbonyl (C=O) groups is 2. The number of non-ortho nitro benzene ring substituents is 1. The van der Waals surface area contributed by atoms with Gasteiger partial charge in [0.05, 0.1) is 16.9 Å². The van der Waals surface area contributed by atoms with Crippen molar-refractivity contribution >= 4 is 33.2 Å². The summed E-state index contributed by atoms with van der Waals surface area (Å²) in [6.45, 7) is 3.98. The minimum atomic E-state index is -4.06. The molecule has 0 saturated heterocycles. The van der Waals surface area contributed by atoms with Crippen molar-refractivity contribution in [3.63, 3.8) is 0 Å². The van der Waals surface area contributed by atoms with Gasteiger partial charge in [-0.15, -0.1) is 0 Å². The molecular weight excluding hydrogens is 467 g/mol. The molecule has 12 heteroatoms. The Kier molecular flexibility index (Phi) is 8.68. The number of aryl methyl sites for hydroxylation is 1. The molecule has 0 aliphatic rings. The summed E-state index contributed by atoms with van der Waals surface area (Å²) >= 11 is 0. The Balaban J connectivity index is 2.49. The van der Waals surface area contributed by atoms with Gasteiger partial charge in [0.15, 0.2) is 0 Å². The number of sulfonamides is 1. The molecule has 0 saturated carbocycles. The molecule has 2 amide bonds. The maximum Gasteiger partial charge on any atom is 0.271 e. The average Bonchev–Trinajstić information content (AvgIpc) is 2.76. The van der Waals surface area contributed by atoms with Crippen LogP contribution in [-0.4, -0.2) is 55.4 Å². The van der Waals surface area contributed by atoms with Gasteiger partial charge in [0.2, 0.25) is 21.8 Å². The second kappa shape index (κ2) is 11.1. The van der Waals surface area contributed by atoms with Gasteiger partial charge in [-0.05, 0) is 32.4 Å². The Morgan fingerprint density at radius 2 is 1.85 bits per heavy atom. The van der Waals surface area contributed by atoms with Crippen molar-refractivity contribution in [2.45, 2.75) is 33.4 Å². The molecule has 1 N–H and O–H groups in total. The average molecular weight is 495 g/mol. The maximum absolute atomic E-state index is 14.3. The van der Waals surface area contributed by atoms with Crippen LogP contribution in [0.15, 0.2) is 42.5 Å². The third-order valence-corrected chi connectivity index (χ3v) is 6.29. The Morgan fingerprint density at radius 1 is 1.21 bits per heavy atom. The van der Waals surface area contributed by atoms with Crippen LogP contribution in [0.3, 0.4) is 0 Å². The predicted molar refractivity (Wildman–Crippen MR) is 125 cm³/mol. The predicted octanol–water partition coefficient (Wildman–Crippen LogP) is 2.36. The van der Waals surface area contributed by atoms with Crippen LogP contribution in [0.1, 0.15) is 25.0 Å². The monoisotopic (exact) mass is 494 g/mol. The van der Waals surface area contributed by atoms with Gasteiger partial charge in [0.25, 0.3) is 5.69 Å². The van der Waals surface area contributed by atoms with Gasteiger partial charge in [-0.2, -0.15) is 0 Å². The summed E-state index contributed by atoms with van der Waals surface area (Å²) in [5.74, 6) is -1.86. The topological polar surface area (TPSA) is 130 Å². The largest absolute Gasteiger partial charge is 0.355 e. The SMILES string of the molecule is CCNC(=O)[C@H](C)N(Cc1ccccc1F)C(=O)CN(c1cc([N+](=O)[O-])ccc1C)S(C)(=O)=O. The van der Waals surface area contributed by atoms with Crippen molar-refractivity contribution in [2.75, 3.05) is 23.7 Å². The molecule has 34 heavy (non-hydrogen) atoms. The summed E-state index contributed by atoms with van der Waals surface area (Å²) in [6.07, 6.45) is 0.868. The Morgan fingerprint density at radius 3 is 2.41 bits per heavy atom. The van der Waals surface area contributed by atoms with Crippen molar-refractivity contribution in [1.29, 1.82) is 0 Å². The van der Waals surface area contributed by atoms with E-state index in [9.17, 15) is 32.5 Å². The molecule has 0 spiro atoms. The molecule has 0 unspecified atom stereocenters. The number of carbonyl (C=O) groups excluding carboxylic acids is 2. The molecule has 2 aromatic carbocycles. The van der Waals surface area contributed by atoms with Crippen LogP contribution in [0.25, 0.3) is 0 Å². The molecule has 0 bridgehead atoms. The number of nitrogens with one attached hydrogen (secondary N) is 1. The molecule has 0 aliphatic carbocycles. The fraction of sp³-hybridized carbons (Fsp3) is 0.364. The van der Waals surface area contributed by atoms with E-state index in [0.29, 0.717) is 12.1 Å². The molecule has 0 aromatic heterocycles. The number of hydrogen-bond acceptors (Lipinski definition) is 6. The van der Waals surface area contributed by atoms with E-state index in [4.69, 9.17) is 0 Å². The lowest BCUT2D eigenvalue weighted by molar-refractivity contribution is -0.384. The highest BCUT2D eigenvalue weighted by Gasteiger charge is 2.31. The van der Waals surface area contributed by atoms with E-state index in [2.05, 4.69) is 5.32 Å². The first-order chi connectivity index (χ1) is 15.9. The molecule has 2 aromatic rings. The van der Waals surface area contributed by atoms with Crippen molar-refractivity contribution < 1.29 is 27.3 Å². The number of likely N-dealkylation sites (N-methyl/N-ethyl adjacent to an activating group) is 1. The zero-order chi connectivity index (χ0) is 25.6. The molecule has 1 atom stereocenters. The Bertz CT molecular complexity index is 1190. The fourth-order valence-electron chi connectivity index (χ4n) is 3.29. The number of benzene rings is 2. The highest BCUT2D eigenvalue weighted by molar-refractivity contribution is 7.92. The molecule has 0 radical (unpaired) electrons. The van der Waals surface area contributed by atoms with Crippen LogP contribution in [0.5, 0.6) is 0 Å². The second-order valence-corrected chi connectivity index (χ2v) is 9.59. The normalized spacial score (nSPS) is 12.0. The number of anilines is 1. The van der Waals surface area contributed by atoms with Crippen LogP contribution in [0.2, 0.25) is 0 Å². The Hall–Kier alpha value is -3.54. The fourth-order valence-corrected chi connectivity index (χ4v) is 4.19. The highest BCUT2D eigenvalue weighted by Crippen LogP contribution is 2.28. The van der Waals surface area contributed by atoms with Gasteiger partial charge < -0.3 is 10.2 Å². The quantitative estimate of drug-likeness (QED) is 0.399. The lowest BCUT2D eigenvalue weighted by atomic mass is 10.1. The summed E-state index contributed by atoms with van der Waals surface area (Å²) in [5.41, 5.74) is 0.146. The van der Waals surface area contributed by atoms with Crippen molar-refractivity contribution in [3.8, 4) is 0 Å². The van der Waals surface area contributed by atoms with Crippen LogP contribution in [0.4, 0.5) is 15.8 Å². The first-order valence-corrected chi connectivity index (χ1v) is 12.2. The summed E-state index contributed by atoms with van der Waals surface area (Å²) in [5, 5.41) is 13.8. The standard InChI is InChI=1S/C22H27FN4O6S/c1-5-24-22(29)16(3)25(13-17-8-6-7-9-19(17)23)21(28)14-26(34(4,32)33)20-12-18(27(30)31)11-10-15(20)2/h6-12,16H,5,13-14H2,1-4H3,(H,24,29)/t16-/m0/s1. The van der Waals surface area contributed by atoms with Gasteiger partial charge in [0.1, 0.15) is 18.4 Å². The van der Waals surface area contributed by atoms with E-state index in [0.717, 1.165) is 21.5 Å². The van der Waals surface area contributed by atoms with Crippen LogP contribution in [0, 0.1) is 22.9 Å². The van der Waals surface area contributed by atoms with E-state index in [1.165, 1.54) is 37.3 Å². The molecule has 2 rings (SSSR count). The van der Waals surface area contributed by atoms with Crippen molar-refractivity contribution in [3.05, 3.63) is 69.5 Å². The van der Waals surface area contributed by atoms with Crippen LogP contribution >= 0.6 is 0 Å². The summed E-state index contributed by atoms with van der Waals surface area (Å²) in [7, 11) is -4.06. The number of nitrogens with zero attached hydrogens (tertiary/aromatic N) is 3. The second-order valence-electron chi connectivity index (χ2n) is 7.68. The van der Waals surface area contributed by atoms with E-state index < -0.39 is 45.2 Å². The third kappa shape index (κ3) is 6.50. The summed E-state index contributed by atoms with van der Waals surface area (Å²) in [6, 6.07) is 8.36. The third-order valence-electron chi connectivity index (χ3n) is 5.17. The van der Waals surface area contributed by atoms with Gasteiger partial charge in [0, 0.05) is 30.8 Å². The van der Waals surface area contributed by atoms with Gasteiger partial charge in [-0.1, -0.05) is 24.3 Å². The number of nitro benzene ring substituents is 1. The van der Waals surface area contributed by atoms with Crippen LogP contribution < -0.4 is 9.62 Å². The molecular formula is C22H27FN4O6S. The van der Waals surface area contributed by atoms with Gasteiger partial charge >= 0.3 is 0 Å². The first kappa shape index (κ1) is 26.7. The smallest absolute Gasteiger partial charge is 0.271 e. The lowest BCUT2D eigenvalue weighted by Gasteiger charge is -2.31. The molecule has 0 fully saturated rings. The van der Waals surface area contributed by atoms with E-state index >= 15 is 0 Å². The molecule has 184 valence electrons. The minimum Gasteiger partial charge on any atom is -0.355 e. The van der Waals surface area contributed by atoms with Gasteiger partial charge in [-0.25, -0.2) is 12.8 Å². The van der Waals surface area contributed by atoms with E-state index in [-0.39, 0.29) is 23.5 Å². The number of hydrogen-bond donors (Lipinski definition) is 1. The summed E-state index contributed by atoms with van der Waals surface area (Å²) in [4.78, 5) is 37.5. The molecule has 0 heterocycles. The van der Waals surface area contributed by atoms with Crippen molar-refractivity contribution in [2.24, 2.45) is 0 Å². The zero-order valence-corrected chi connectivity index (χ0v) is 20.1.